The molecule has 23 heavy (non-hydrogen) atoms. The highest BCUT2D eigenvalue weighted by Crippen LogP contribution is 2.29. The highest BCUT2D eigenvalue weighted by Gasteiger charge is 2.39. The van der Waals surface area contributed by atoms with E-state index in [1.807, 2.05) is 0 Å². The SMILES string of the molecule is O=C(O)C1CCCN1C(=O)c1cccn2c(C(F)(F)F)nnc12. The van der Waals surface area contributed by atoms with Gasteiger partial charge in [0.25, 0.3) is 5.91 Å². The zero-order valence-corrected chi connectivity index (χ0v) is 11.6. The second-order valence-corrected chi connectivity index (χ2v) is 5.13. The Bertz CT molecular complexity index is 786. The van der Waals surface area contributed by atoms with Crippen molar-refractivity contribution in [1.29, 1.82) is 0 Å². The van der Waals surface area contributed by atoms with Crippen molar-refractivity contribution in [2.45, 2.75) is 25.1 Å². The molecule has 1 amide bonds. The van der Waals surface area contributed by atoms with E-state index in [4.69, 9.17) is 5.11 Å². The van der Waals surface area contributed by atoms with Gasteiger partial charge < -0.3 is 10.0 Å². The molecule has 0 aromatic carbocycles. The Morgan fingerprint density at radius 2 is 2.04 bits per heavy atom. The number of carboxylic acid groups (broad SMARTS) is 1. The Hall–Kier alpha value is -2.65. The van der Waals surface area contributed by atoms with E-state index >= 15 is 0 Å². The minimum atomic E-state index is -4.71. The van der Waals surface area contributed by atoms with Crippen LogP contribution in [0.2, 0.25) is 0 Å². The molecule has 0 saturated carbocycles. The van der Waals surface area contributed by atoms with Gasteiger partial charge in [-0.25, -0.2) is 4.79 Å². The minimum absolute atomic E-state index is 0.108. The van der Waals surface area contributed by atoms with Gasteiger partial charge in [0.05, 0.1) is 5.56 Å². The molecule has 1 aliphatic rings. The van der Waals surface area contributed by atoms with Gasteiger partial charge in [-0.2, -0.15) is 13.2 Å². The van der Waals surface area contributed by atoms with Crippen molar-refractivity contribution in [3.8, 4) is 0 Å². The average Bonchev–Trinajstić information content (AvgIpc) is 3.11. The number of hydrogen-bond acceptors (Lipinski definition) is 4. The molecule has 0 aliphatic carbocycles. The Labute approximate surface area is 127 Å². The Kier molecular flexibility index (Phi) is 3.46. The molecule has 0 bridgehead atoms. The fraction of sp³-hybridized carbons (Fsp3) is 0.385. The highest BCUT2D eigenvalue weighted by molar-refractivity contribution is 6.01. The smallest absolute Gasteiger partial charge is 0.452 e. The van der Waals surface area contributed by atoms with Crippen molar-refractivity contribution in [1.82, 2.24) is 19.5 Å². The third kappa shape index (κ3) is 2.49. The van der Waals surface area contributed by atoms with E-state index in [0.717, 1.165) is 11.1 Å². The number of aromatic nitrogens is 3. The average molecular weight is 328 g/mol. The molecule has 0 radical (unpaired) electrons. The summed E-state index contributed by atoms with van der Waals surface area (Å²) in [6, 6.07) is 1.60. The van der Waals surface area contributed by atoms with Crippen LogP contribution >= 0.6 is 0 Å². The summed E-state index contributed by atoms with van der Waals surface area (Å²) in [4.78, 5) is 24.8. The Morgan fingerprint density at radius 3 is 2.70 bits per heavy atom. The summed E-state index contributed by atoms with van der Waals surface area (Å²) < 4.78 is 39.2. The first-order chi connectivity index (χ1) is 10.8. The summed E-state index contributed by atoms with van der Waals surface area (Å²) >= 11 is 0. The zero-order chi connectivity index (χ0) is 16.8. The van der Waals surface area contributed by atoms with Crippen molar-refractivity contribution >= 4 is 17.5 Å². The van der Waals surface area contributed by atoms with E-state index in [1.54, 1.807) is 0 Å². The molecular weight excluding hydrogens is 317 g/mol. The number of carbonyl (C=O) groups is 2. The van der Waals surface area contributed by atoms with Crippen molar-refractivity contribution in [2.75, 3.05) is 6.54 Å². The third-order valence-corrected chi connectivity index (χ3v) is 3.72. The largest absolute Gasteiger partial charge is 0.480 e. The molecule has 2 aromatic rings. The summed E-state index contributed by atoms with van der Waals surface area (Å²) in [7, 11) is 0. The molecule has 1 fully saturated rings. The van der Waals surface area contributed by atoms with Crippen LogP contribution in [0.25, 0.3) is 5.65 Å². The first-order valence-corrected chi connectivity index (χ1v) is 6.75. The number of fused-ring (bicyclic) bond motifs is 1. The van der Waals surface area contributed by atoms with E-state index in [2.05, 4.69) is 10.2 Å². The number of pyridine rings is 1. The van der Waals surface area contributed by atoms with Crippen LogP contribution in [0, 0.1) is 0 Å². The van der Waals surface area contributed by atoms with Gasteiger partial charge >= 0.3 is 12.1 Å². The van der Waals surface area contributed by atoms with Crippen molar-refractivity contribution in [2.24, 2.45) is 0 Å². The second kappa shape index (κ2) is 5.21. The van der Waals surface area contributed by atoms with E-state index in [0.29, 0.717) is 17.2 Å². The standard InChI is InChI=1S/C13H11F3N4O3/c14-13(15,16)12-18-17-9-7(3-1-6-20(9)12)10(21)19-5-2-4-8(19)11(22)23/h1,3,6,8H,2,4-5H2,(H,22,23). The van der Waals surface area contributed by atoms with Gasteiger partial charge in [-0.1, -0.05) is 0 Å². The lowest BCUT2D eigenvalue weighted by Crippen LogP contribution is -2.40. The molecule has 1 atom stereocenters. The van der Waals surface area contributed by atoms with Crippen LogP contribution in [0.5, 0.6) is 0 Å². The monoisotopic (exact) mass is 328 g/mol. The molecule has 3 heterocycles. The molecule has 1 aliphatic heterocycles. The number of rotatable bonds is 2. The van der Waals surface area contributed by atoms with Gasteiger partial charge in [0.1, 0.15) is 6.04 Å². The number of carbonyl (C=O) groups excluding carboxylic acids is 1. The fourth-order valence-corrected chi connectivity index (χ4v) is 2.70. The normalized spacial score (nSPS) is 18.6. The van der Waals surface area contributed by atoms with Crippen LogP contribution in [0.4, 0.5) is 13.2 Å². The number of halogens is 3. The summed E-state index contributed by atoms with van der Waals surface area (Å²) in [5, 5.41) is 15.7. The number of aliphatic carboxylic acids is 1. The Morgan fingerprint density at radius 1 is 1.30 bits per heavy atom. The van der Waals surface area contributed by atoms with Crippen molar-refractivity contribution in [3.05, 3.63) is 29.7 Å². The van der Waals surface area contributed by atoms with Crippen molar-refractivity contribution < 1.29 is 27.9 Å². The van der Waals surface area contributed by atoms with E-state index < -0.39 is 29.9 Å². The number of carboxylic acids is 1. The van der Waals surface area contributed by atoms with Gasteiger partial charge in [-0.3, -0.25) is 9.20 Å². The molecule has 122 valence electrons. The quantitative estimate of drug-likeness (QED) is 0.901. The molecule has 10 heteroatoms. The molecule has 1 N–H and O–H groups in total. The number of likely N-dealkylation sites (tertiary alicyclic amines) is 1. The number of alkyl halides is 3. The predicted octanol–water partition coefficient (Wildman–Crippen LogP) is 1.44. The lowest BCUT2D eigenvalue weighted by atomic mass is 10.2. The zero-order valence-electron chi connectivity index (χ0n) is 11.6. The van der Waals surface area contributed by atoms with Crippen LogP contribution in [0.15, 0.2) is 18.3 Å². The van der Waals surface area contributed by atoms with Gasteiger partial charge in [0.15, 0.2) is 5.65 Å². The van der Waals surface area contributed by atoms with Gasteiger partial charge in [-0.05, 0) is 25.0 Å². The maximum atomic E-state index is 12.9. The van der Waals surface area contributed by atoms with Crippen LogP contribution in [-0.4, -0.2) is 49.1 Å². The molecular formula is C13H11F3N4O3. The molecule has 3 rings (SSSR count). The summed E-state index contributed by atoms with van der Waals surface area (Å²) in [6.45, 7) is 0.233. The van der Waals surface area contributed by atoms with Crippen LogP contribution < -0.4 is 0 Å². The van der Waals surface area contributed by atoms with E-state index in [-0.39, 0.29) is 17.8 Å². The third-order valence-electron chi connectivity index (χ3n) is 3.72. The summed E-state index contributed by atoms with van der Waals surface area (Å²) in [5.74, 6) is -3.04. The Balaban J connectivity index is 2.05. The topological polar surface area (TPSA) is 87.8 Å². The van der Waals surface area contributed by atoms with Gasteiger partial charge in [0, 0.05) is 12.7 Å². The van der Waals surface area contributed by atoms with Crippen LogP contribution in [0.3, 0.4) is 0 Å². The van der Waals surface area contributed by atoms with E-state index in [1.165, 1.54) is 12.1 Å². The van der Waals surface area contributed by atoms with Crippen LogP contribution in [-0.2, 0) is 11.0 Å². The number of hydrogen-bond donors (Lipinski definition) is 1. The number of nitrogens with zero attached hydrogens (tertiary/aromatic N) is 4. The van der Waals surface area contributed by atoms with Crippen molar-refractivity contribution in [3.63, 3.8) is 0 Å². The summed E-state index contributed by atoms with van der Waals surface area (Å²) in [5.41, 5.74) is -0.357. The summed E-state index contributed by atoms with van der Waals surface area (Å²) in [6.07, 6.45) is -2.77. The van der Waals surface area contributed by atoms with Gasteiger partial charge in [0.2, 0.25) is 5.82 Å². The van der Waals surface area contributed by atoms with Crippen LogP contribution in [0.1, 0.15) is 29.0 Å². The molecule has 2 aromatic heterocycles. The minimum Gasteiger partial charge on any atom is -0.480 e. The molecule has 0 spiro atoms. The molecule has 7 nitrogen and oxygen atoms in total. The maximum Gasteiger partial charge on any atom is 0.452 e. The second-order valence-electron chi connectivity index (χ2n) is 5.13. The predicted molar refractivity (Wildman–Crippen MR) is 69.7 cm³/mol. The number of amides is 1. The molecule has 1 saturated heterocycles. The lowest BCUT2D eigenvalue weighted by molar-refractivity contribution is -0.145. The maximum absolute atomic E-state index is 12.9. The van der Waals surface area contributed by atoms with Gasteiger partial charge in [-0.15, -0.1) is 10.2 Å². The lowest BCUT2D eigenvalue weighted by Gasteiger charge is -2.21. The van der Waals surface area contributed by atoms with E-state index in [9.17, 15) is 22.8 Å². The first kappa shape index (κ1) is 15.3. The molecule has 1 unspecified atom stereocenters. The highest BCUT2D eigenvalue weighted by atomic mass is 19.4. The first-order valence-electron chi connectivity index (χ1n) is 6.75. The fourth-order valence-electron chi connectivity index (χ4n) is 2.70.